The minimum Gasteiger partial charge on any atom is -0.350 e. The molecule has 0 radical (unpaired) electrons. The highest BCUT2D eigenvalue weighted by atomic mass is 35.5. The van der Waals surface area contributed by atoms with Gasteiger partial charge in [0.15, 0.2) is 0 Å². The zero-order valence-electron chi connectivity index (χ0n) is 17.7. The summed E-state index contributed by atoms with van der Waals surface area (Å²) in [6.07, 6.45) is 2.24. The number of hydrogen-bond acceptors (Lipinski definition) is 4. The molecular weight excluding hydrogens is 416 g/mol. The van der Waals surface area contributed by atoms with E-state index in [1.165, 1.54) is 13.8 Å². The van der Waals surface area contributed by atoms with Gasteiger partial charge in [-0.05, 0) is 55.8 Å². The maximum absolute atomic E-state index is 13.0. The average molecular weight is 443 g/mol. The topological polar surface area (TPSA) is 90.5 Å². The molecule has 7 nitrogen and oxygen atoms in total. The van der Waals surface area contributed by atoms with Gasteiger partial charge in [0.1, 0.15) is 0 Å². The predicted octanol–water partition coefficient (Wildman–Crippen LogP) is 3.82. The van der Waals surface area contributed by atoms with Crippen molar-refractivity contribution in [2.24, 2.45) is 0 Å². The molecule has 1 aliphatic rings. The second kappa shape index (κ2) is 10.4. The van der Waals surface area contributed by atoms with Crippen LogP contribution in [0.2, 0.25) is 5.02 Å². The van der Waals surface area contributed by atoms with Crippen molar-refractivity contribution in [3.05, 3.63) is 58.6 Å². The first-order chi connectivity index (χ1) is 14.8. The summed E-state index contributed by atoms with van der Waals surface area (Å²) in [6.45, 7) is 5.07. The van der Waals surface area contributed by atoms with E-state index >= 15 is 0 Å². The highest BCUT2D eigenvalue weighted by molar-refractivity contribution is 6.31. The van der Waals surface area contributed by atoms with E-state index in [4.69, 9.17) is 11.6 Å². The summed E-state index contributed by atoms with van der Waals surface area (Å²) in [6, 6.07) is 12.4. The minimum atomic E-state index is -0.296. The Morgan fingerprint density at radius 3 is 2.10 bits per heavy atom. The van der Waals surface area contributed by atoms with Crippen molar-refractivity contribution in [2.75, 3.05) is 30.3 Å². The molecule has 0 aliphatic carbocycles. The molecule has 31 heavy (non-hydrogen) atoms. The molecule has 8 heteroatoms. The van der Waals surface area contributed by atoms with Gasteiger partial charge in [0.05, 0.1) is 6.04 Å². The van der Waals surface area contributed by atoms with E-state index in [1.807, 2.05) is 24.3 Å². The van der Waals surface area contributed by atoms with Crippen molar-refractivity contribution in [3.63, 3.8) is 0 Å². The fourth-order valence-corrected chi connectivity index (χ4v) is 4.10. The smallest absolute Gasteiger partial charge is 0.251 e. The second-order valence-corrected chi connectivity index (χ2v) is 8.06. The van der Waals surface area contributed by atoms with Crippen LogP contribution in [0.15, 0.2) is 42.5 Å². The molecule has 0 saturated carbocycles. The predicted molar refractivity (Wildman–Crippen MR) is 122 cm³/mol. The van der Waals surface area contributed by atoms with Crippen molar-refractivity contribution in [1.29, 1.82) is 0 Å². The van der Waals surface area contributed by atoms with Gasteiger partial charge in [-0.25, -0.2) is 0 Å². The molecule has 2 aromatic rings. The Kier molecular flexibility index (Phi) is 7.65. The first-order valence-electron chi connectivity index (χ1n) is 10.3. The monoisotopic (exact) mass is 442 g/mol. The second-order valence-electron chi connectivity index (χ2n) is 7.65. The quantitative estimate of drug-likeness (QED) is 0.608. The normalized spacial score (nSPS) is 14.7. The highest BCUT2D eigenvalue weighted by Gasteiger charge is 2.25. The number of nitrogens with one attached hydrogen (secondary N) is 3. The van der Waals surface area contributed by atoms with Gasteiger partial charge in [-0.1, -0.05) is 29.8 Å². The summed E-state index contributed by atoms with van der Waals surface area (Å²) in [5.74, 6) is -0.826. The largest absolute Gasteiger partial charge is 0.350 e. The molecule has 3 N–H and O–H groups in total. The van der Waals surface area contributed by atoms with Gasteiger partial charge >= 0.3 is 0 Å². The Morgan fingerprint density at radius 2 is 1.55 bits per heavy atom. The van der Waals surface area contributed by atoms with Gasteiger partial charge in [-0.2, -0.15) is 0 Å². The molecule has 0 bridgehead atoms. The molecule has 0 aromatic heterocycles. The number of rotatable bonds is 7. The third-order valence-corrected chi connectivity index (χ3v) is 5.48. The number of hydrogen-bond donors (Lipinski definition) is 3. The molecule has 3 amide bonds. The number of anilines is 2. The summed E-state index contributed by atoms with van der Waals surface area (Å²) in [5.41, 5.74) is 2.20. The summed E-state index contributed by atoms with van der Waals surface area (Å²) < 4.78 is 0. The van der Waals surface area contributed by atoms with Gasteiger partial charge in [-0.15, -0.1) is 0 Å². The molecule has 1 heterocycles. The fraction of sp³-hybridized carbons (Fsp3) is 0.348. The van der Waals surface area contributed by atoms with Crippen LogP contribution in [0, 0.1) is 0 Å². The third kappa shape index (κ3) is 6.29. The maximum atomic E-state index is 13.0. The van der Waals surface area contributed by atoms with Crippen molar-refractivity contribution < 1.29 is 14.4 Å². The number of nitrogens with zero attached hydrogens (tertiary/aromatic N) is 1. The van der Waals surface area contributed by atoms with Crippen molar-refractivity contribution in [1.82, 2.24) is 10.2 Å². The van der Waals surface area contributed by atoms with Crippen LogP contribution in [0.1, 0.15) is 48.7 Å². The Morgan fingerprint density at radius 1 is 0.968 bits per heavy atom. The highest BCUT2D eigenvalue weighted by Crippen LogP contribution is 2.30. The average Bonchev–Trinajstić information content (AvgIpc) is 3.22. The molecule has 164 valence electrons. The van der Waals surface area contributed by atoms with Crippen molar-refractivity contribution >= 4 is 40.7 Å². The molecule has 0 spiro atoms. The van der Waals surface area contributed by atoms with Gasteiger partial charge in [-0.3, -0.25) is 19.3 Å². The Balaban J connectivity index is 1.80. The van der Waals surface area contributed by atoms with E-state index in [0.717, 1.165) is 31.5 Å². The molecule has 1 unspecified atom stereocenters. The standard InChI is InChI=1S/C23H27ClN4O3/c1-15(29)26-18-11-17(12-19(13-18)27-16(2)30)23(31)25-14-22(28-9-5-6-10-28)20-7-3-4-8-21(20)24/h3-4,7-8,11-13,22H,5-6,9-10,14H2,1-2H3,(H,25,31)(H,26,29)(H,27,30). The van der Waals surface area contributed by atoms with E-state index in [-0.39, 0.29) is 23.8 Å². The Labute approximate surface area is 187 Å². The van der Waals surface area contributed by atoms with Gasteiger partial charge in [0, 0.05) is 42.4 Å². The van der Waals surface area contributed by atoms with E-state index in [0.29, 0.717) is 28.5 Å². The zero-order chi connectivity index (χ0) is 22.4. The fourth-order valence-electron chi connectivity index (χ4n) is 3.84. The van der Waals surface area contributed by atoms with Crippen molar-refractivity contribution in [3.8, 4) is 0 Å². The van der Waals surface area contributed by atoms with Crippen LogP contribution >= 0.6 is 11.6 Å². The van der Waals surface area contributed by atoms with Crippen LogP contribution < -0.4 is 16.0 Å². The van der Waals surface area contributed by atoms with Crippen LogP contribution in [0.4, 0.5) is 11.4 Å². The molecule has 2 aromatic carbocycles. The number of likely N-dealkylation sites (tertiary alicyclic amines) is 1. The maximum Gasteiger partial charge on any atom is 0.251 e. The lowest BCUT2D eigenvalue weighted by Crippen LogP contribution is -2.37. The zero-order valence-corrected chi connectivity index (χ0v) is 18.5. The van der Waals surface area contributed by atoms with E-state index in [1.54, 1.807) is 18.2 Å². The molecular formula is C23H27ClN4O3. The number of carbonyl (C=O) groups is 3. The van der Waals surface area contributed by atoms with E-state index in [2.05, 4.69) is 20.9 Å². The summed E-state index contributed by atoms with van der Waals surface area (Å²) in [7, 11) is 0. The third-order valence-electron chi connectivity index (χ3n) is 5.14. The summed E-state index contributed by atoms with van der Waals surface area (Å²) in [4.78, 5) is 38.2. The minimum absolute atomic E-state index is 0.0338. The van der Waals surface area contributed by atoms with Crippen LogP contribution in [0.5, 0.6) is 0 Å². The van der Waals surface area contributed by atoms with Gasteiger partial charge in [0.25, 0.3) is 5.91 Å². The van der Waals surface area contributed by atoms with Crippen LogP contribution in [-0.2, 0) is 9.59 Å². The van der Waals surface area contributed by atoms with Gasteiger partial charge in [0.2, 0.25) is 11.8 Å². The molecule has 1 atom stereocenters. The number of halogens is 1. The molecule has 3 rings (SSSR count). The lowest BCUT2D eigenvalue weighted by atomic mass is 10.0. The molecule has 1 aliphatic heterocycles. The first-order valence-corrected chi connectivity index (χ1v) is 10.7. The van der Waals surface area contributed by atoms with Gasteiger partial charge < -0.3 is 16.0 Å². The first kappa shape index (κ1) is 22.8. The Hall–Kier alpha value is -2.90. The molecule has 1 fully saturated rings. The van der Waals surface area contributed by atoms with Crippen LogP contribution in [0.25, 0.3) is 0 Å². The van der Waals surface area contributed by atoms with Crippen molar-refractivity contribution in [2.45, 2.75) is 32.7 Å². The number of carbonyl (C=O) groups excluding carboxylic acids is 3. The summed E-state index contributed by atoms with van der Waals surface area (Å²) in [5, 5.41) is 8.99. The van der Waals surface area contributed by atoms with E-state index in [9.17, 15) is 14.4 Å². The van der Waals surface area contributed by atoms with Crippen LogP contribution in [0.3, 0.4) is 0 Å². The summed E-state index contributed by atoms with van der Waals surface area (Å²) >= 11 is 6.45. The lowest BCUT2D eigenvalue weighted by molar-refractivity contribution is -0.115. The van der Waals surface area contributed by atoms with Crippen LogP contribution in [-0.4, -0.2) is 42.3 Å². The molecule has 1 saturated heterocycles. The number of benzene rings is 2. The Bertz CT molecular complexity index is 939. The number of amides is 3. The SMILES string of the molecule is CC(=O)Nc1cc(NC(C)=O)cc(C(=O)NCC(c2ccccc2Cl)N2CCCC2)c1. The lowest BCUT2D eigenvalue weighted by Gasteiger charge is -2.29. The van der Waals surface area contributed by atoms with E-state index < -0.39 is 0 Å².